The maximum atomic E-state index is 4.59. The first-order chi connectivity index (χ1) is 8.65. The highest BCUT2D eigenvalue weighted by Gasteiger charge is 2.23. The second-order valence-corrected chi connectivity index (χ2v) is 6.51. The molecular formula is C14H25N3S. The summed E-state index contributed by atoms with van der Waals surface area (Å²) in [6, 6.07) is 1.27. The number of piperidine rings is 1. The monoisotopic (exact) mass is 267 g/mol. The van der Waals surface area contributed by atoms with Gasteiger partial charge in [0.1, 0.15) is 5.01 Å². The third-order valence-corrected chi connectivity index (χ3v) is 4.47. The molecule has 2 heterocycles. The first kappa shape index (κ1) is 14.0. The van der Waals surface area contributed by atoms with Gasteiger partial charge in [-0.1, -0.05) is 20.3 Å². The molecule has 0 aromatic carbocycles. The average molecular weight is 267 g/mol. The van der Waals surface area contributed by atoms with Crippen molar-refractivity contribution in [1.29, 1.82) is 0 Å². The number of hydrogen-bond acceptors (Lipinski definition) is 4. The smallest absolute Gasteiger partial charge is 0.107 e. The fourth-order valence-corrected chi connectivity index (χ4v) is 3.32. The maximum Gasteiger partial charge on any atom is 0.107 e. The SMILES string of the molecule is Cc1csc(CN2CCCCC2CNC(C)C)n1. The lowest BCUT2D eigenvalue weighted by molar-refractivity contribution is 0.135. The second kappa shape index (κ2) is 6.64. The van der Waals surface area contributed by atoms with E-state index in [0.717, 1.165) is 18.8 Å². The minimum absolute atomic E-state index is 0.580. The Bertz CT molecular complexity index is 362. The van der Waals surface area contributed by atoms with Crippen LogP contribution in [0.1, 0.15) is 43.8 Å². The van der Waals surface area contributed by atoms with Crippen LogP contribution in [0.5, 0.6) is 0 Å². The zero-order chi connectivity index (χ0) is 13.0. The zero-order valence-corrected chi connectivity index (χ0v) is 12.6. The number of rotatable bonds is 5. The fraction of sp³-hybridized carbons (Fsp3) is 0.786. The van der Waals surface area contributed by atoms with Gasteiger partial charge in [0.25, 0.3) is 0 Å². The van der Waals surface area contributed by atoms with Crippen LogP contribution in [0.15, 0.2) is 5.38 Å². The predicted octanol–water partition coefficient (Wildman–Crippen LogP) is 2.80. The number of thiazole rings is 1. The molecule has 102 valence electrons. The molecule has 0 aliphatic carbocycles. The Kier molecular flexibility index (Phi) is 5.15. The lowest BCUT2D eigenvalue weighted by atomic mass is 10.0. The van der Waals surface area contributed by atoms with E-state index in [1.807, 2.05) is 0 Å². The molecule has 1 aliphatic heterocycles. The summed E-state index contributed by atoms with van der Waals surface area (Å²) in [5, 5.41) is 7.00. The van der Waals surface area contributed by atoms with Crippen molar-refractivity contribution in [1.82, 2.24) is 15.2 Å². The van der Waals surface area contributed by atoms with Crippen LogP contribution in [0.4, 0.5) is 0 Å². The molecule has 1 aromatic rings. The molecule has 4 heteroatoms. The molecule has 1 N–H and O–H groups in total. The molecule has 0 saturated carbocycles. The van der Waals surface area contributed by atoms with Gasteiger partial charge in [-0.3, -0.25) is 4.90 Å². The summed E-state index contributed by atoms with van der Waals surface area (Å²) in [5.74, 6) is 0. The number of nitrogens with zero attached hydrogens (tertiary/aromatic N) is 2. The van der Waals surface area contributed by atoms with Crippen molar-refractivity contribution in [3.63, 3.8) is 0 Å². The predicted molar refractivity (Wildman–Crippen MR) is 78.0 cm³/mol. The van der Waals surface area contributed by atoms with Gasteiger partial charge in [-0.15, -0.1) is 11.3 Å². The molecule has 18 heavy (non-hydrogen) atoms. The number of aromatic nitrogens is 1. The van der Waals surface area contributed by atoms with Crippen LogP contribution in [0.25, 0.3) is 0 Å². The van der Waals surface area contributed by atoms with Gasteiger partial charge < -0.3 is 5.32 Å². The topological polar surface area (TPSA) is 28.2 Å². The van der Waals surface area contributed by atoms with Crippen LogP contribution in [0.2, 0.25) is 0 Å². The van der Waals surface area contributed by atoms with Crippen LogP contribution >= 0.6 is 11.3 Å². The van der Waals surface area contributed by atoms with Crippen LogP contribution in [-0.4, -0.2) is 35.1 Å². The molecule has 0 spiro atoms. The molecule has 3 nitrogen and oxygen atoms in total. The Hall–Kier alpha value is -0.450. The largest absolute Gasteiger partial charge is 0.313 e. The minimum Gasteiger partial charge on any atom is -0.313 e. The quantitative estimate of drug-likeness (QED) is 0.889. The Balaban J connectivity index is 1.90. The van der Waals surface area contributed by atoms with Gasteiger partial charge in [0.2, 0.25) is 0 Å². The summed E-state index contributed by atoms with van der Waals surface area (Å²) in [6.45, 7) is 9.89. The molecule has 0 radical (unpaired) electrons. The van der Waals surface area contributed by atoms with Gasteiger partial charge in [0, 0.05) is 29.7 Å². The Labute approximate surface area is 115 Å². The summed E-state index contributed by atoms with van der Waals surface area (Å²) < 4.78 is 0. The molecule has 1 unspecified atom stereocenters. The fourth-order valence-electron chi connectivity index (χ4n) is 2.52. The zero-order valence-electron chi connectivity index (χ0n) is 11.8. The van der Waals surface area contributed by atoms with Gasteiger partial charge in [-0.25, -0.2) is 4.98 Å². The normalized spacial score (nSPS) is 21.7. The minimum atomic E-state index is 0.580. The molecule has 0 amide bonds. The number of aryl methyl sites for hydroxylation is 1. The van der Waals surface area contributed by atoms with E-state index in [4.69, 9.17) is 0 Å². The van der Waals surface area contributed by atoms with Crippen molar-refractivity contribution < 1.29 is 0 Å². The Morgan fingerprint density at radius 2 is 2.33 bits per heavy atom. The van der Waals surface area contributed by atoms with Crippen molar-refractivity contribution in [3.05, 3.63) is 16.1 Å². The summed E-state index contributed by atoms with van der Waals surface area (Å²) in [4.78, 5) is 7.20. The van der Waals surface area contributed by atoms with E-state index in [0.29, 0.717) is 12.1 Å². The maximum absolute atomic E-state index is 4.59. The van der Waals surface area contributed by atoms with Crippen molar-refractivity contribution in [2.75, 3.05) is 13.1 Å². The molecule has 1 atom stereocenters. The molecule has 1 saturated heterocycles. The third-order valence-electron chi connectivity index (χ3n) is 3.52. The summed E-state index contributed by atoms with van der Waals surface area (Å²) in [5.41, 5.74) is 1.16. The number of nitrogens with one attached hydrogen (secondary N) is 1. The van der Waals surface area contributed by atoms with E-state index in [2.05, 4.69) is 41.4 Å². The van der Waals surface area contributed by atoms with E-state index >= 15 is 0 Å². The first-order valence-corrected chi connectivity index (χ1v) is 7.91. The molecule has 1 fully saturated rings. The van der Waals surface area contributed by atoms with Gasteiger partial charge >= 0.3 is 0 Å². The van der Waals surface area contributed by atoms with E-state index in [9.17, 15) is 0 Å². The van der Waals surface area contributed by atoms with Crippen LogP contribution in [0, 0.1) is 6.92 Å². The number of hydrogen-bond donors (Lipinski definition) is 1. The highest BCUT2D eigenvalue weighted by Crippen LogP contribution is 2.20. The first-order valence-electron chi connectivity index (χ1n) is 7.03. The van der Waals surface area contributed by atoms with Crippen molar-refractivity contribution in [2.45, 2.75) is 58.7 Å². The van der Waals surface area contributed by atoms with Gasteiger partial charge in [-0.05, 0) is 26.3 Å². The molecule has 1 aliphatic rings. The van der Waals surface area contributed by atoms with Crippen molar-refractivity contribution in [3.8, 4) is 0 Å². The Morgan fingerprint density at radius 1 is 1.50 bits per heavy atom. The van der Waals surface area contributed by atoms with Crippen LogP contribution in [0.3, 0.4) is 0 Å². The summed E-state index contributed by atoms with van der Waals surface area (Å²) >= 11 is 1.80. The number of likely N-dealkylation sites (tertiary alicyclic amines) is 1. The lowest BCUT2D eigenvalue weighted by Crippen LogP contribution is -2.46. The van der Waals surface area contributed by atoms with E-state index < -0.39 is 0 Å². The molecule has 0 bridgehead atoms. The highest BCUT2D eigenvalue weighted by molar-refractivity contribution is 7.09. The van der Waals surface area contributed by atoms with E-state index in [1.54, 1.807) is 11.3 Å². The van der Waals surface area contributed by atoms with Crippen molar-refractivity contribution in [2.24, 2.45) is 0 Å². The third kappa shape index (κ3) is 4.04. The van der Waals surface area contributed by atoms with Gasteiger partial charge in [0.15, 0.2) is 0 Å². The standard InChI is InChI=1S/C14H25N3S/c1-11(2)15-8-13-6-4-5-7-17(13)9-14-16-12(3)10-18-14/h10-11,13,15H,4-9H2,1-3H3. The average Bonchev–Trinajstić information content (AvgIpc) is 2.73. The van der Waals surface area contributed by atoms with E-state index in [-0.39, 0.29) is 0 Å². The van der Waals surface area contributed by atoms with E-state index in [1.165, 1.54) is 30.8 Å². The second-order valence-electron chi connectivity index (χ2n) is 5.57. The molecule has 1 aromatic heterocycles. The van der Waals surface area contributed by atoms with Gasteiger partial charge in [-0.2, -0.15) is 0 Å². The lowest BCUT2D eigenvalue weighted by Gasteiger charge is -2.35. The molecular weight excluding hydrogens is 242 g/mol. The van der Waals surface area contributed by atoms with Crippen LogP contribution < -0.4 is 5.32 Å². The summed E-state index contributed by atoms with van der Waals surface area (Å²) in [7, 11) is 0. The summed E-state index contributed by atoms with van der Waals surface area (Å²) in [6.07, 6.45) is 4.03. The van der Waals surface area contributed by atoms with Crippen LogP contribution in [-0.2, 0) is 6.54 Å². The van der Waals surface area contributed by atoms with Gasteiger partial charge in [0.05, 0.1) is 6.54 Å². The molecule has 2 rings (SSSR count). The van der Waals surface area contributed by atoms with Crippen molar-refractivity contribution >= 4 is 11.3 Å². The highest BCUT2D eigenvalue weighted by atomic mass is 32.1. The Morgan fingerprint density at radius 3 is 3.00 bits per heavy atom.